The van der Waals surface area contributed by atoms with Gasteiger partial charge in [0, 0.05) is 51.3 Å². The number of nitrogens with zero attached hydrogens (tertiary/aromatic N) is 2. The Balaban J connectivity index is 1.64. The normalized spacial score (nSPS) is 11.4. The Bertz CT molecular complexity index is 851. The number of carbonyl (C=O) groups excluding carboxylic acids is 1. The summed E-state index contributed by atoms with van der Waals surface area (Å²) in [4.78, 5) is 21.0. The fraction of sp³-hybridized carbons (Fsp3) is 0.560. The first-order chi connectivity index (χ1) is 16.5. The number of pyridine rings is 2. The van der Waals surface area contributed by atoms with Gasteiger partial charge in [0.1, 0.15) is 0 Å². The van der Waals surface area contributed by atoms with E-state index in [0.29, 0.717) is 39.0 Å². The maximum atomic E-state index is 12.1. The average Bonchev–Trinajstić information content (AvgIpc) is 2.82. The maximum Gasteiger partial charge on any atom is 0.500 e. The number of nitrogens with one attached hydrogen (secondary N) is 2. The topological polar surface area (TPSA) is 94.6 Å². The van der Waals surface area contributed by atoms with Gasteiger partial charge >= 0.3 is 14.8 Å². The molecule has 0 spiro atoms. The average molecular weight is 489 g/mol. The van der Waals surface area contributed by atoms with Crippen molar-refractivity contribution in [2.24, 2.45) is 0 Å². The minimum Gasteiger partial charge on any atom is -0.374 e. The van der Waals surface area contributed by atoms with Crippen LogP contribution in [0.15, 0.2) is 36.7 Å². The number of hydrogen-bond donors (Lipinski definition) is 2. The first-order valence-electron chi connectivity index (χ1n) is 12.3. The Morgan fingerprint density at radius 1 is 0.853 bits per heavy atom. The van der Waals surface area contributed by atoms with E-state index in [-0.39, 0.29) is 6.03 Å². The number of unbranched alkanes of at least 4 members (excludes halogenated alkanes) is 1. The molecule has 0 aliphatic rings. The molecule has 188 valence electrons. The smallest absolute Gasteiger partial charge is 0.374 e. The number of carbonyl (C=O) groups is 1. The first kappa shape index (κ1) is 27.9. The van der Waals surface area contributed by atoms with Crippen molar-refractivity contribution < 1.29 is 18.1 Å². The van der Waals surface area contributed by atoms with Crippen LogP contribution < -0.4 is 10.6 Å². The first-order valence-corrected chi connectivity index (χ1v) is 14.3. The van der Waals surface area contributed by atoms with Gasteiger partial charge in [-0.15, -0.1) is 0 Å². The van der Waals surface area contributed by atoms with Crippen molar-refractivity contribution in [2.75, 3.05) is 32.9 Å². The van der Waals surface area contributed by atoms with Crippen LogP contribution in [0.1, 0.15) is 51.2 Å². The summed E-state index contributed by atoms with van der Waals surface area (Å²) in [6, 6.07) is 8.70. The summed E-state index contributed by atoms with van der Waals surface area (Å²) in [7, 11) is -2.64. The molecule has 2 aromatic rings. The van der Waals surface area contributed by atoms with Gasteiger partial charge in [-0.05, 0) is 88.8 Å². The van der Waals surface area contributed by atoms with Crippen LogP contribution >= 0.6 is 0 Å². The minimum atomic E-state index is -2.64. The van der Waals surface area contributed by atoms with E-state index in [1.807, 2.05) is 51.4 Å². The Morgan fingerprint density at radius 3 is 2.06 bits per heavy atom. The quantitative estimate of drug-likeness (QED) is 0.267. The fourth-order valence-corrected chi connectivity index (χ4v) is 6.29. The molecule has 0 bridgehead atoms. The van der Waals surface area contributed by atoms with Crippen molar-refractivity contribution in [3.63, 3.8) is 0 Å². The van der Waals surface area contributed by atoms with E-state index in [1.54, 1.807) is 0 Å². The second-order valence-corrected chi connectivity index (χ2v) is 10.7. The molecule has 8 nitrogen and oxygen atoms in total. The summed E-state index contributed by atoms with van der Waals surface area (Å²) in [6.07, 6.45) is 7.22. The van der Waals surface area contributed by atoms with Gasteiger partial charge in [0.2, 0.25) is 0 Å². The zero-order valence-corrected chi connectivity index (χ0v) is 22.1. The lowest BCUT2D eigenvalue weighted by molar-refractivity contribution is 0.0708. The zero-order valence-electron chi connectivity index (χ0n) is 21.1. The Kier molecular flexibility index (Phi) is 12.8. The molecular weight excluding hydrogens is 448 g/mol. The SMILES string of the molecule is CCO[Si](CCCNC(=O)NCCCCc1ccnc(-c2cc(C)ccn2)c1)(OCC)OCC. The molecule has 0 aromatic carbocycles. The summed E-state index contributed by atoms with van der Waals surface area (Å²) >= 11 is 0. The van der Waals surface area contributed by atoms with E-state index < -0.39 is 8.80 Å². The summed E-state index contributed by atoms with van der Waals surface area (Å²) in [6.45, 7) is 10.8. The van der Waals surface area contributed by atoms with E-state index in [2.05, 4.69) is 33.6 Å². The predicted octanol–water partition coefficient (Wildman–Crippen LogP) is 4.51. The summed E-state index contributed by atoms with van der Waals surface area (Å²) in [5.41, 5.74) is 4.18. The van der Waals surface area contributed by atoms with E-state index >= 15 is 0 Å². The molecule has 2 amide bonds. The van der Waals surface area contributed by atoms with Crippen molar-refractivity contribution in [1.82, 2.24) is 20.6 Å². The molecule has 0 saturated carbocycles. The molecule has 2 aromatic heterocycles. The number of amides is 2. The molecule has 2 heterocycles. The molecule has 0 saturated heterocycles. The molecule has 0 unspecified atom stereocenters. The van der Waals surface area contributed by atoms with Crippen LogP contribution in [0.3, 0.4) is 0 Å². The Labute approximate surface area is 205 Å². The molecule has 2 rings (SSSR count). The molecule has 2 N–H and O–H groups in total. The Morgan fingerprint density at radius 2 is 1.44 bits per heavy atom. The van der Waals surface area contributed by atoms with Gasteiger partial charge in [0.15, 0.2) is 0 Å². The van der Waals surface area contributed by atoms with Crippen molar-refractivity contribution in [3.8, 4) is 11.4 Å². The zero-order chi connectivity index (χ0) is 24.7. The van der Waals surface area contributed by atoms with Crippen LogP contribution in [0.5, 0.6) is 0 Å². The monoisotopic (exact) mass is 488 g/mol. The van der Waals surface area contributed by atoms with Gasteiger partial charge in [0.05, 0.1) is 11.4 Å². The lowest BCUT2D eigenvalue weighted by Gasteiger charge is -2.28. The second-order valence-electron chi connectivity index (χ2n) is 7.99. The fourth-order valence-electron chi connectivity index (χ4n) is 3.67. The van der Waals surface area contributed by atoms with Crippen LogP contribution in [0.25, 0.3) is 11.4 Å². The molecular formula is C25H40N4O4Si. The van der Waals surface area contributed by atoms with Crippen LogP contribution in [0.2, 0.25) is 6.04 Å². The molecule has 34 heavy (non-hydrogen) atoms. The van der Waals surface area contributed by atoms with Gasteiger partial charge in [-0.2, -0.15) is 0 Å². The summed E-state index contributed by atoms with van der Waals surface area (Å²) < 4.78 is 17.5. The third-order valence-corrected chi connectivity index (χ3v) is 8.37. The van der Waals surface area contributed by atoms with Crippen molar-refractivity contribution >= 4 is 14.8 Å². The lowest BCUT2D eigenvalue weighted by atomic mass is 10.1. The lowest BCUT2D eigenvalue weighted by Crippen LogP contribution is -2.46. The maximum absolute atomic E-state index is 12.1. The number of aromatic nitrogens is 2. The van der Waals surface area contributed by atoms with Crippen LogP contribution in [-0.4, -0.2) is 57.7 Å². The van der Waals surface area contributed by atoms with Crippen molar-refractivity contribution in [2.45, 2.75) is 59.4 Å². The Hall–Kier alpha value is -2.33. The number of urea groups is 1. The summed E-state index contributed by atoms with van der Waals surface area (Å²) in [5, 5.41) is 5.84. The highest BCUT2D eigenvalue weighted by Gasteiger charge is 2.39. The molecule has 0 radical (unpaired) electrons. The van der Waals surface area contributed by atoms with E-state index in [4.69, 9.17) is 13.3 Å². The van der Waals surface area contributed by atoms with E-state index in [0.717, 1.165) is 37.1 Å². The number of aryl methyl sites for hydroxylation is 2. The van der Waals surface area contributed by atoms with Gasteiger partial charge in [-0.3, -0.25) is 9.97 Å². The van der Waals surface area contributed by atoms with Gasteiger partial charge in [-0.1, -0.05) is 0 Å². The van der Waals surface area contributed by atoms with Gasteiger partial charge < -0.3 is 23.9 Å². The standard InChI is InChI=1S/C25H40N4O4Si/c1-5-31-34(32-6-2,33-7-3)18-10-15-29-25(30)28-14-9-8-11-22-13-17-27-24(20-22)23-19-21(4)12-16-26-23/h12-13,16-17,19-20H,5-11,14-15,18H2,1-4H3,(H2,28,29,30). The molecule has 0 aliphatic heterocycles. The molecule has 0 fully saturated rings. The van der Waals surface area contributed by atoms with Crippen molar-refractivity contribution in [3.05, 3.63) is 47.8 Å². The third kappa shape index (κ3) is 9.88. The van der Waals surface area contributed by atoms with Gasteiger partial charge in [-0.25, -0.2) is 4.79 Å². The van der Waals surface area contributed by atoms with Crippen LogP contribution in [-0.2, 0) is 19.7 Å². The molecule has 0 aliphatic carbocycles. The van der Waals surface area contributed by atoms with E-state index in [1.165, 1.54) is 11.1 Å². The molecule has 0 atom stereocenters. The largest absolute Gasteiger partial charge is 0.500 e. The number of rotatable bonds is 16. The van der Waals surface area contributed by atoms with E-state index in [9.17, 15) is 4.79 Å². The number of hydrogen-bond acceptors (Lipinski definition) is 6. The van der Waals surface area contributed by atoms with Crippen molar-refractivity contribution in [1.29, 1.82) is 0 Å². The summed E-state index contributed by atoms with van der Waals surface area (Å²) in [5.74, 6) is 0. The molecule has 9 heteroatoms. The van der Waals surface area contributed by atoms with Crippen LogP contribution in [0.4, 0.5) is 4.79 Å². The predicted molar refractivity (Wildman–Crippen MR) is 137 cm³/mol. The second kappa shape index (κ2) is 15.5. The highest BCUT2D eigenvalue weighted by atomic mass is 28.4. The van der Waals surface area contributed by atoms with Gasteiger partial charge in [0.25, 0.3) is 0 Å². The minimum absolute atomic E-state index is 0.145. The third-order valence-electron chi connectivity index (χ3n) is 5.22. The highest BCUT2D eigenvalue weighted by molar-refractivity contribution is 6.60. The highest BCUT2D eigenvalue weighted by Crippen LogP contribution is 2.18. The van der Waals surface area contributed by atoms with Crippen LogP contribution in [0, 0.1) is 6.92 Å².